The molecule has 0 spiro atoms. The fourth-order valence-corrected chi connectivity index (χ4v) is 2.33. The fourth-order valence-electron chi connectivity index (χ4n) is 2.33. The highest BCUT2D eigenvalue weighted by molar-refractivity contribution is 5.91. The van der Waals surface area contributed by atoms with Gasteiger partial charge in [-0.15, -0.1) is 0 Å². The summed E-state index contributed by atoms with van der Waals surface area (Å²) < 4.78 is 5.04. The summed E-state index contributed by atoms with van der Waals surface area (Å²) in [5.41, 5.74) is 0.979. The van der Waals surface area contributed by atoms with Crippen LogP contribution >= 0.6 is 0 Å². The second-order valence-corrected chi connectivity index (χ2v) is 4.88. The minimum atomic E-state index is -0.210. The first-order valence-corrected chi connectivity index (χ1v) is 6.84. The first kappa shape index (κ1) is 12.7. The van der Waals surface area contributed by atoms with Gasteiger partial charge in [0.05, 0.1) is 6.26 Å². The van der Waals surface area contributed by atoms with E-state index < -0.39 is 0 Å². The van der Waals surface area contributed by atoms with E-state index in [0.29, 0.717) is 12.3 Å². The molecular formula is C15H17N3O2. The largest absolute Gasteiger partial charge is 0.459 e. The number of amides is 1. The number of nitrogens with zero attached hydrogens (tertiary/aromatic N) is 2. The van der Waals surface area contributed by atoms with Crippen LogP contribution in [0.1, 0.15) is 29.0 Å². The smallest absolute Gasteiger partial charge is 0.287 e. The molecule has 0 aromatic carbocycles. The van der Waals surface area contributed by atoms with Crippen molar-refractivity contribution in [2.75, 3.05) is 18.0 Å². The summed E-state index contributed by atoms with van der Waals surface area (Å²) in [4.78, 5) is 18.5. The summed E-state index contributed by atoms with van der Waals surface area (Å²) >= 11 is 0. The van der Waals surface area contributed by atoms with Crippen LogP contribution in [-0.2, 0) is 6.54 Å². The number of hydrogen-bond acceptors (Lipinski definition) is 4. The Hall–Kier alpha value is -2.30. The lowest BCUT2D eigenvalue weighted by atomic mass is 10.2. The molecule has 0 saturated carbocycles. The van der Waals surface area contributed by atoms with Crippen LogP contribution in [0.15, 0.2) is 41.1 Å². The summed E-state index contributed by atoms with van der Waals surface area (Å²) in [6.45, 7) is 2.62. The molecule has 3 heterocycles. The summed E-state index contributed by atoms with van der Waals surface area (Å²) in [5.74, 6) is 1.13. The molecule has 3 rings (SSSR count). The van der Waals surface area contributed by atoms with Crippen LogP contribution in [0.25, 0.3) is 0 Å². The molecule has 1 saturated heterocycles. The number of nitrogens with one attached hydrogen (secondary N) is 1. The van der Waals surface area contributed by atoms with Gasteiger partial charge in [0.2, 0.25) is 0 Å². The highest BCUT2D eigenvalue weighted by Crippen LogP contribution is 2.17. The number of aromatic nitrogens is 1. The van der Waals surface area contributed by atoms with Crippen LogP contribution in [0.3, 0.4) is 0 Å². The molecule has 0 bridgehead atoms. The second-order valence-electron chi connectivity index (χ2n) is 4.88. The van der Waals surface area contributed by atoms with E-state index in [0.717, 1.165) is 24.5 Å². The number of rotatable bonds is 4. The molecule has 0 unspecified atom stereocenters. The third-order valence-electron chi connectivity index (χ3n) is 3.44. The fraction of sp³-hybridized carbons (Fsp3) is 0.333. The van der Waals surface area contributed by atoms with Gasteiger partial charge in [-0.3, -0.25) is 4.79 Å². The van der Waals surface area contributed by atoms with Crippen molar-refractivity contribution >= 4 is 11.7 Å². The van der Waals surface area contributed by atoms with Gasteiger partial charge >= 0.3 is 0 Å². The Bertz CT molecular complexity index is 557. The molecule has 0 atom stereocenters. The van der Waals surface area contributed by atoms with Crippen molar-refractivity contribution in [1.82, 2.24) is 10.3 Å². The van der Waals surface area contributed by atoms with Gasteiger partial charge in [-0.05, 0) is 36.6 Å². The van der Waals surface area contributed by atoms with Crippen molar-refractivity contribution < 1.29 is 9.21 Å². The molecule has 2 aromatic heterocycles. The zero-order valence-corrected chi connectivity index (χ0v) is 11.2. The van der Waals surface area contributed by atoms with E-state index in [4.69, 9.17) is 4.42 Å². The predicted octanol–water partition coefficient (Wildman–Crippen LogP) is 2.20. The van der Waals surface area contributed by atoms with Crippen LogP contribution in [0.4, 0.5) is 5.82 Å². The lowest BCUT2D eigenvalue weighted by Gasteiger charge is -2.16. The van der Waals surface area contributed by atoms with Crippen molar-refractivity contribution in [2.45, 2.75) is 19.4 Å². The minimum Gasteiger partial charge on any atom is -0.459 e. The Kier molecular flexibility index (Phi) is 3.67. The topological polar surface area (TPSA) is 58.4 Å². The normalized spacial score (nSPS) is 14.5. The summed E-state index contributed by atoms with van der Waals surface area (Å²) in [7, 11) is 0. The van der Waals surface area contributed by atoms with E-state index >= 15 is 0 Å². The molecule has 0 radical (unpaired) electrons. The molecule has 1 aliphatic heterocycles. The highest BCUT2D eigenvalue weighted by Gasteiger charge is 2.13. The van der Waals surface area contributed by atoms with Gasteiger partial charge in [0.15, 0.2) is 5.76 Å². The van der Waals surface area contributed by atoms with Crippen molar-refractivity contribution in [3.8, 4) is 0 Å². The van der Waals surface area contributed by atoms with Gasteiger partial charge in [0.25, 0.3) is 5.91 Å². The molecular weight excluding hydrogens is 254 g/mol. The Labute approximate surface area is 117 Å². The average Bonchev–Trinajstić information content (AvgIpc) is 3.18. The number of furan rings is 1. The molecule has 5 nitrogen and oxygen atoms in total. The Morgan fingerprint density at radius 2 is 2.15 bits per heavy atom. The van der Waals surface area contributed by atoms with E-state index in [-0.39, 0.29) is 5.91 Å². The van der Waals surface area contributed by atoms with Crippen LogP contribution in [0.5, 0.6) is 0 Å². The van der Waals surface area contributed by atoms with Gasteiger partial charge < -0.3 is 14.6 Å². The second kappa shape index (κ2) is 5.77. The van der Waals surface area contributed by atoms with Crippen molar-refractivity contribution in [3.63, 3.8) is 0 Å². The van der Waals surface area contributed by atoms with E-state index in [1.165, 1.54) is 19.1 Å². The first-order chi connectivity index (χ1) is 9.83. The zero-order valence-electron chi connectivity index (χ0n) is 11.2. The number of carbonyl (C=O) groups is 1. The summed E-state index contributed by atoms with van der Waals surface area (Å²) in [5, 5.41) is 2.80. The third kappa shape index (κ3) is 2.82. The number of carbonyl (C=O) groups excluding carboxylic acids is 1. The van der Waals surface area contributed by atoms with Gasteiger partial charge in [0.1, 0.15) is 5.82 Å². The highest BCUT2D eigenvalue weighted by atomic mass is 16.3. The number of anilines is 1. The van der Waals surface area contributed by atoms with Gasteiger partial charge in [0, 0.05) is 25.8 Å². The zero-order chi connectivity index (χ0) is 13.8. The van der Waals surface area contributed by atoms with Crippen molar-refractivity contribution in [1.29, 1.82) is 0 Å². The van der Waals surface area contributed by atoms with E-state index in [1.54, 1.807) is 12.1 Å². The predicted molar refractivity (Wildman–Crippen MR) is 75.6 cm³/mol. The summed E-state index contributed by atoms with van der Waals surface area (Å²) in [6.07, 6.45) is 5.78. The van der Waals surface area contributed by atoms with Crippen LogP contribution < -0.4 is 10.2 Å². The van der Waals surface area contributed by atoms with Gasteiger partial charge in [-0.2, -0.15) is 0 Å². The third-order valence-corrected chi connectivity index (χ3v) is 3.44. The molecule has 104 valence electrons. The Balaban J connectivity index is 1.56. The summed E-state index contributed by atoms with van der Waals surface area (Å²) in [6, 6.07) is 7.36. The molecule has 1 fully saturated rings. The molecule has 2 aromatic rings. The quantitative estimate of drug-likeness (QED) is 0.926. The van der Waals surface area contributed by atoms with Crippen LogP contribution in [-0.4, -0.2) is 24.0 Å². The van der Waals surface area contributed by atoms with Gasteiger partial charge in [-0.1, -0.05) is 6.07 Å². The van der Waals surface area contributed by atoms with E-state index in [9.17, 15) is 4.79 Å². The lowest BCUT2D eigenvalue weighted by Crippen LogP contribution is -2.22. The molecule has 5 heteroatoms. The number of hydrogen-bond donors (Lipinski definition) is 1. The molecule has 0 aliphatic carbocycles. The SMILES string of the molecule is O=C(NCc1ccc(N2CCCC2)nc1)c1ccco1. The maximum absolute atomic E-state index is 11.7. The average molecular weight is 271 g/mol. The number of pyridine rings is 1. The Morgan fingerprint density at radius 3 is 2.80 bits per heavy atom. The molecule has 1 amide bonds. The van der Waals surface area contributed by atoms with E-state index in [2.05, 4.69) is 15.2 Å². The van der Waals surface area contributed by atoms with Gasteiger partial charge in [-0.25, -0.2) is 4.98 Å². The van der Waals surface area contributed by atoms with Crippen molar-refractivity contribution in [3.05, 3.63) is 48.0 Å². The molecule has 20 heavy (non-hydrogen) atoms. The first-order valence-electron chi connectivity index (χ1n) is 6.84. The Morgan fingerprint density at radius 1 is 1.30 bits per heavy atom. The van der Waals surface area contributed by atoms with Crippen LogP contribution in [0.2, 0.25) is 0 Å². The monoisotopic (exact) mass is 271 g/mol. The van der Waals surface area contributed by atoms with Crippen LogP contribution in [0, 0.1) is 0 Å². The molecule has 1 N–H and O–H groups in total. The maximum Gasteiger partial charge on any atom is 0.287 e. The lowest BCUT2D eigenvalue weighted by molar-refractivity contribution is 0.0923. The maximum atomic E-state index is 11.7. The molecule has 1 aliphatic rings. The van der Waals surface area contributed by atoms with E-state index in [1.807, 2.05) is 18.3 Å². The standard InChI is InChI=1S/C15H17N3O2/c19-15(13-4-3-9-20-13)17-11-12-5-6-14(16-10-12)18-7-1-2-8-18/h3-6,9-10H,1-2,7-8,11H2,(H,17,19). The minimum absolute atomic E-state index is 0.210. The van der Waals surface area contributed by atoms with Crippen molar-refractivity contribution in [2.24, 2.45) is 0 Å².